The Labute approximate surface area is 221 Å². The monoisotopic (exact) mass is 510 g/mol. The van der Waals surface area contributed by atoms with Crippen molar-refractivity contribution in [3.8, 4) is 11.4 Å². The van der Waals surface area contributed by atoms with Crippen molar-refractivity contribution < 1.29 is 19.1 Å². The molecule has 0 saturated carbocycles. The number of hydrogen-bond donors (Lipinski definition) is 2. The molecule has 8 heteroatoms. The highest BCUT2D eigenvalue weighted by Gasteiger charge is 2.17. The van der Waals surface area contributed by atoms with Gasteiger partial charge in [0.05, 0.1) is 12.7 Å². The van der Waals surface area contributed by atoms with Crippen molar-refractivity contribution in [1.82, 2.24) is 9.88 Å². The second-order valence-corrected chi connectivity index (χ2v) is 8.74. The van der Waals surface area contributed by atoms with Gasteiger partial charge < -0.3 is 25.1 Å². The second kappa shape index (κ2) is 11.9. The molecular formula is C30H30N4O4. The fourth-order valence-electron chi connectivity index (χ4n) is 4.11. The third-order valence-corrected chi connectivity index (χ3v) is 6.13. The fourth-order valence-corrected chi connectivity index (χ4v) is 4.11. The summed E-state index contributed by atoms with van der Waals surface area (Å²) in [6.45, 7) is 4.35. The number of carbonyl (C=O) groups excluding carboxylic acids is 2. The van der Waals surface area contributed by atoms with E-state index in [4.69, 9.17) is 15.2 Å². The van der Waals surface area contributed by atoms with Gasteiger partial charge in [0.1, 0.15) is 18.2 Å². The Balaban J connectivity index is 1.35. The number of rotatable bonds is 8. The molecule has 0 atom stereocenters. The lowest BCUT2D eigenvalue weighted by molar-refractivity contribution is 0.0950. The van der Waals surface area contributed by atoms with Crippen LogP contribution in [0.3, 0.4) is 0 Å². The van der Waals surface area contributed by atoms with Crippen LogP contribution in [0.15, 0.2) is 89.9 Å². The van der Waals surface area contributed by atoms with Crippen LogP contribution in [0.5, 0.6) is 5.75 Å². The van der Waals surface area contributed by atoms with Crippen LogP contribution in [0.2, 0.25) is 0 Å². The summed E-state index contributed by atoms with van der Waals surface area (Å²) >= 11 is 0. The third-order valence-electron chi connectivity index (χ3n) is 6.13. The predicted molar refractivity (Wildman–Crippen MR) is 147 cm³/mol. The molecule has 0 aliphatic carbocycles. The first-order valence-electron chi connectivity index (χ1n) is 12.1. The van der Waals surface area contributed by atoms with E-state index in [1.165, 1.54) is 0 Å². The summed E-state index contributed by atoms with van der Waals surface area (Å²) in [5.41, 5.74) is 11.7. The number of amides is 2. The van der Waals surface area contributed by atoms with Gasteiger partial charge in [0.2, 0.25) is 0 Å². The normalized spacial score (nSPS) is 11.2. The van der Waals surface area contributed by atoms with Crippen LogP contribution in [0, 0.1) is 13.8 Å². The molecule has 4 rings (SSSR count). The van der Waals surface area contributed by atoms with Gasteiger partial charge in [-0.05, 0) is 55.3 Å². The molecule has 0 radical (unpaired) electrons. The van der Waals surface area contributed by atoms with E-state index in [-0.39, 0.29) is 18.3 Å². The molecule has 3 aromatic carbocycles. The molecule has 0 unspecified atom stereocenters. The quantitative estimate of drug-likeness (QED) is 0.254. The van der Waals surface area contributed by atoms with Crippen molar-refractivity contribution in [3.63, 3.8) is 0 Å². The number of amidine groups is 1. The molecule has 1 heterocycles. The standard InChI is InChI=1S/C30H30N4O4/c1-20-17-27(21(2)34(20)25-13-15-26(37-3)16-14-25)29(35)32-18-22-9-11-24(12-10-22)28(31)33-30(36)38-19-23-7-5-4-6-8-23/h4-17H,18-19H2,1-3H3,(H,32,35)(H2,31,33,36). The van der Waals surface area contributed by atoms with Crippen LogP contribution in [0.4, 0.5) is 4.79 Å². The second-order valence-electron chi connectivity index (χ2n) is 8.74. The SMILES string of the molecule is COc1ccc(-n2c(C)cc(C(=O)NCc3ccc(C(N)=NC(=O)OCc4ccccc4)cc3)c2C)cc1. The highest BCUT2D eigenvalue weighted by molar-refractivity contribution is 6.02. The van der Waals surface area contributed by atoms with Gasteiger partial charge >= 0.3 is 6.09 Å². The Hall–Kier alpha value is -4.85. The molecule has 1 aromatic heterocycles. The number of nitrogens with two attached hydrogens (primary N) is 1. The molecule has 38 heavy (non-hydrogen) atoms. The van der Waals surface area contributed by atoms with E-state index < -0.39 is 6.09 Å². The van der Waals surface area contributed by atoms with Gasteiger partial charge in [-0.1, -0.05) is 54.6 Å². The van der Waals surface area contributed by atoms with E-state index in [2.05, 4.69) is 10.3 Å². The van der Waals surface area contributed by atoms with Gasteiger partial charge in [-0.2, -0.15) is 4.99 Å². The third kappa shape index (κ3) is 6.28. The lowest BCUT2D eigenvalue weighted by Gasteiger charge is -2.11. The van der Waals surface area contributed by atoms with Crippen LogP contribution in [0.1, 0.15) is 38.4 Å². The largest absolute Gasteiger partial charge is 0.497 e. The molecular weight excluding hydrogens is 480 g/mol. The maximum atomic E-state index is 13.0. The van der Waals surface area contributed by atoms with Gasteiger partial charge in [0.25, 0.3) is 5.91 Å². The summed E-state index contributed by atoms with van der Waals surface area (Å²) in [6.07, 6.45) is -0.755. The molecule has 0 spiro atoms. The maximum Gasteiger partial charge on any atom is 0.435 e. The summed E-state index contributed by atoms with van der Waals surface area (Å²) < 4.78 is 12.4. The number of hydrogen-bond acceptors (Lipinski definition) is 4. The van der Waals surface area contributed by atoms with Crippen LogP contribution >= 0.6 is 0 Å². The van der Waals surface area contributed by atoms with Gasteiger partial charge in [-0.3, -0.25) is 4.79 Å². The van der Waals surface area contributed by atoms with E-state index >= 15 is 0 Å². The Kier molecular flexibility index (Phi) is 8.23. The topological polar surface area (TPSA) is 108 Å². The molecule has 0 fully saturated rings. The number of aryl methyl sites for hydroxylation is 1. The molecule has 8 nitrogen and oxygen atoms in total. The summed E-state index contributed by atoms with van der Waals surface area (Å²) in [7, 11) is 1.63. The smallest absolute Gasteiger partial charge is 0.435 e. The summed E-state index contributed by atoms with van der Waals surface area (Å²) in [5, 5.41) is 2.97. The van der Waals surface area contributed by atoms with Crippen LogP contribution in [-0.2, 0) is 17.9 Å². The van der Waals surface area contributed by atoms with Crippen LogP contribution in [-0.4, -0.2) is 29.5 Å². The number of nitrogens with zero attached hydrogens (tertiary/aromatic N) is 2. The van der Waals surface area contributed by atoms with Crippen molar-refractivity contribution >= 4 is 17.8 Å². The Bertz CT molecular complexity index is 1440. The van der Waals surface area contributed by atoms with Crippen molar-refractivity contribution in [1.29, 1.82) is 0 Å². The summed E-state index contributed by atoms with van der Waals surface area (Å²) in [6, 6.07) is 26.1. The number of benzene rings is 3. The average molecular weight is 511 g/mol. The first kappa shape index (κ1) is 26.2. The number of aromatic nitrogens is 1. The lowest BCUT2D eigenvalue weighted by Crippen LogP contribution is -2.23. The molecule has 194 valence electrons. The average Bonchev–Trinajstić information content (AvgIpc) is 3.25. The van der Waals surface area contributed by atoms with E-state index in [0.717, 1.165) is 34.0 Å². The van der Waals surface area contributed by atoms with Crippen molar-refractivity contribution in [2.45, 2.75) is 27.0 Å². The molecule has 0 aliphatic heterocycles. The van der Waals surface area contributed by atoms with Gasteiger partial charge in [0.15, 0.2) is 0 Å². The van der Waals surface area contributed by atoms with E-state index in [1.54, 1.807) is 19.2 Å². The first-order chi connectivity index (χ1) is 18.4. The number of methoxy groups -OCH3 is 1. The number of nitrogens with one attached hydrogen (secondary N) is 1. The highest BCUT2D eigenvalue weighted by atomic mass is 16.5. The van der Waals surface area contributed by atoms with Crippen molar-refractivity contribution in [2.24, 2.45) is 10.7 Å². The Morgan fingerprint density at radius 3 is 2.26 bits per heavy atom. The Morgan fingerprint density at radius 1 is 0.921 bits per heavy atom. The van der Waals surface area contributed by atoms with E-state index in [0.29, 0.717) is 17.7 Å². The fraction of sp³-hybridized carbons (Fsp3) is 0.167. The van der Waals surface area contributed by atoms with Gasteiger partial charge in [-0.25, -0.2) is 4.79 Å². The van der Waals surface area contributed by atoms with Gasteiger partial charge in [-0.15, -0.1) is 0 Å². The summed E-state index contributed by atoms with van der Waals surface area (Å²) in [5.74, 6) is 0.671. The number of aliphatic imine (C=N–C) groups is 1. The molecule has 0 saturated heterocycles. The zero-order valence-electron chi connectivity index (χ0n) is 21.6. The number of ether oxygens (including phenoxy) is 2. The van der Waals surface area contributed by atoms with E-state index in [1.807, 2.05) is 91.2 Å². The van der Waals surface area contributed by atoms with Crippen molar-refractivity contribution in [2.75, 3.05) is 7.11 Å². The molecule has 2 amide bonds. The van der Waals surface area contributed by atoms with Gasteiger partial charge in [0, 0.05) is 29.2 Å². The summed E-state index contributed by atoms with van der Waals surface area (Å²) in [4.78, 5) is 28.8. The maximum absolute atomic E-state index is 13.0. The molecule has 0 aliphatic rings. The molecule has 0 bridgehead atoms. The zero-order chi connectivity index (χ0) is 27.1. The zero-order valence-corrected chi connectivity index (χ0v) is 21.6. The van der Waals surface area contributed by atoms with Crippen molar-refractivity contribution in [3.05, 3.63) is 119 Å². The first-order valence-corrected chi connectivity index (χ1v) is 12.1. The predicted octanol–water partition coefficient (Wildman–Crippen LogP) is 5.07. The minimum absolute atomic E-state index is 0.0598. The van der Waals surface area contributed by atoms with Crippen LogP contribution in [0.25, 0.3) is 5.69 Å². The Morgan fingerprint density at radius 2 is 1.61 bits per heavy atom. The highest BCUT2D eigenvalue weighted by Crippen LogP contribution is 2.23. The minimum atomic E-state index is -0.755. The molecule has 4 aromatic rings. The molecule has 3 N–H and O–H groups in total. The van der Waals surface area contributed by atoms with Crippen LogP contribution < -0.4 is 15.8 Å². The number of carbonyl (C=O) groups is 2. The lowest BCUT2D eigenvalue weighted by atomic mass is 10.1. The van der Waals surface area contributed by atoms with E-state index in [9.17, 15) is 9.59 Å². The minimum Gasteiger partial charge on any atom is -0.497 e.